The summed E-state index contributed by atoms with van der Waals surface area (Å²) in [5.74, 6) is 0. The van der Waals surface area contributed by atoms with Crippen LogP contribution in [0.5, 0.6) is 0 Å². The molecule has 0 saturated heterocycles. The second kappa shape index (κ2) is 12.0. The number of unbranched alkanes of at least 4 members (excludes halogenated alkanes) is 6. The molecule has 0 saturated carbocycles. The summed E-state index contributed by atoms with van der Waals surface area (Å²) in [5, 5.41) is 0. The lowest BCUT2D eigenvalue weighted by Gasteiger charge is -2.17. The summed E-state index contributed by atoms with van der Waals surface area (Å²) >= 11 is 4.91. The first-order chi connectivity index (χ1) is 7.35. The Bertz CT molecular complexity index is 124. The first-order valence-electron chi connectivity index (χ1n) is 6.47. The summed E-state index contributed by atoms with van der Waals surface area (Å²) in [7, 11) is 0. The van der Waals surface area contributed by atoms with E-state index in [1.165, 1.54) is 51.4 Å². The van der Waals surface area contributed by atoms with E-state index in [9.17, 15) is 0 Å². The van der Waals surface area contributed by atoms with Crippen molar-refractivity contribution in [1.82, 2.24) is 4.90 Å². The molecule has 89 valence electrons. The topological polar surface area (TPSA) is 3.24 Å². The molecule has 0 aliphatic rings. The second-order valence-corrected chi connectivity index (χ2v) is 4.38. The third kappa shape index (κ3) is 10.2. The van der Waals surface area contributed by atoms with Gasteiger partial charge in [0, 0.05) is 13.1 Å². The molecular weight excluding hydrogens is 202 g/mol. The summed E-state index contributed by atoms with van der Waals surface area (Å²) in [6.45, 7) is 6.70. The van der Waals surface area contributed by atoms with E-state index in [4.69, 9.17) is 12.2 Å². The number of hydrogen-bond donors (Lipinski definition) is 0. The molecule has 0 amide bonds. The minimum absolute atomic E-state index is 1.11. The first-order valence-corrected chi connectivity index (χ1v) is 6.88. The summed E-state index contributed by atoms with van der Waals surface area (Å²) in [4.78, 5) is 2.18. The van der Waals surface area contributed by atoms with Gasteiger partial charge in [0.2, 0.25) is 0 Å². The van der Waals surface area contributed by atoms with Crippen LogP contribution < -0.4 is 0 Å². The highest BCUT2D eigenvalue weighted by atomic mass is 32.1. The van der Waals surface area contributed by atoms with Gasteiger partial charge in [0.15, 0.2) is 0 Å². The highest BCUT2D eigenvalue weighted by molar-refractivity contribution is 7.78. The maximum Gasteiger partial charge on any atom is 0.136 e. The van der Waals surface area contributed by atoms with E-state index in [1.807, 2.05) is 0 Å². The first kappa shape index (κ1) is 14.9. The standard InChI is InChI=1S/C13H26NS/c1-3-5-7-9-11-14(13-15)12-10-8-6-4-2/h3-12H2,1-2H3. The van der Waals surface area contributed by atoms with Crippen molar-refractivity contribution < 1.29 is 0 Å². The Morgan fingerprint density at radius 3 is 1.60 bits per heavy atom. The molecule has 0 fully saturated rings. The van der Waals surface area contributed by atoms with Crippen molar-refractivity contribution in [3.05, 3.63) is 0 Å². The van der Waals surface area contributed by atoms with E-state index in [0.29, 0.717) is 0 Å². The van der Waals surface area contributed by atoms with E-state index in [1.54, 1.807) is 0 Å². The van der Waals surface area contributed by atoms with Crippen LogP contribution in [0, 0.1) is 0 Å². The van der Waals surface area contributed by atoms with Gasteiger partial charge in [-0.1, -0.05) is 64.6 Å². The Balaban J connectivity index is 3.34. The monoisotopic (exact) mass is 228 g/mol. The van der Waals surface area contributed by atoms with Gasteiger partial charge in [0.25, 0.3) is 0 Å². The fourth-order valence-corrected chi connectivity index (χ4v) is 1.84. The molecule has 0 aliphatic heterocycles. The molecule has 0 bridgehead atoms. The van der Waals surface area contributed by atoms with Crippen LogP contribution in [0.2, 0.25) is 0 Å². The van der Waals surface area contributed by atoms with Gasteiger partial charge >= 0.3 is 0 Å². The van der Waals surface area contributed by atoms with Gasteiger partial charge in [-0.3, -0.25) is 0 Å². The maximum absolute atomic E-state index is 4.91. The lowest BCUT2D eigenvalue weighted by Crippen LogP contribution is -2.23. The zero-order valence-corrected chi connectivity index (χ0v) is 11.2. The highest BCUT2D eigenvalue weighted by Gasteiger charge is 1.99. The lowest BCUT2D eigenvalue weighted by molar-refractivity contribution is 0.401. The molecular formula is C13H26NS. The van der Waals surface area contributed by atoms with Gasteiger partial charge in [0.1, 0.15) is 5.49 Å². The quantitative estimate of drug-likeness (QED) is 0.295. The van der Waals surface area contributed by atoms with E-state index in [2.05, 4.69) is 24.2 Å². The molecule has 15 heavy (non-hydrogen) atoms. The molecule has 1 nitrogen and oxygen atoms in total. The Kier molecular flexibility index (Phi) is 11.9. The van der Waals surface area contributed by atoms with Crippen LogP contribution in [0.3, 0.4) is 0 Å². The van der Waals surface area contributed by atoms with Gasteiger partial charge in [-0.25, -0.2) is 0 Å². The van der Waals surface area contributed by atoms with Gasteiger partial charge < -0.3 is 4.90 Å². The molecule has 0 heterocycles. The molecule has 0 unspecified atom stereocenters. The van der Waals surface area contributed by atoms with Crippen molar-refractivity contribution >= 4 is 17.7 Å². The minimum Gasteiger partial charge on any atom is -0.360 e. The number of hydrogen-bond acceptors (Lipinski definition) is 1. The Morgan fingerprint density at radius 1 is 0.800 bits per heavy atom. The van der Waals surface area contributed by atoms with Crippen molar-refractivity contribution in [2.24, 2.45) is 0 Å². The molecule has 0 N–H and O–H groups in total. The largest absolute Gasteiger partial charge is 0.360 e. The summed E-state index contributed by atoms with van der Waals surface area (Å²) < 4.78 is 0. The molecule has 2 heteroatoms. The third-order valence-corrected chi connectivity index (χ3v) is 2.95. The van der Waals surface area contributed by atoms with E-state index in [-0.39, 0.29) is 0 Å². The Morgan fingerprint density at radius 2 is 1.27 bits per heavy atom. The van der Waals surface area contributed by atoms with Crippen molar-refractivity contribution in [2.75, 3.05) is 13.1 Å². The van der Waals surface area contributed by atoms with Crippen molar-refractivity contribution in [3.63, 3.8) is 0 Å². The average molecular weight is 228 g/mol. The van der Waals surface area contributed by atoms with Crippen LogP contribution in [-0.2, 0) is 0 Å². The molecule has 0 rings (SSSR count). The second-order valence-electron chi connectivity index (χ2n) is 4.20. The van der Waals surface area contributed by atoms with Crippen molar-refractivity contribution in [2.45, 2.75) is 65.2 Å². The predicted octanol–water partition coefficient (Wildman–Crippen LogP) is 4.28. The minimum atomic E-state index is 1.11. The van der Waals surface area contributed by atoms with Gasteiger partial charge in [0.05, 0.1) is 0 Å². The molecule has 0 aromatic heterocycles. The number of nitrogens with zero attached hydrogens (tertiary/aromatic N) is 1. The zero-order chi connectivity index (χ0) is 11.4. The summed E-state index contributed by atoms with van der Waals surface area (Å²) in [6.07, 6.45) is 10.5. The fraction of sp³-hybridized carbons (Fsp3) is 0.923. The van der Waals surface area contributed by atoms with Crippen LogP contribution in [-0.4, -0.2) is 23.5 Å². The van der Waals surface area contributed by atoms with Crippen LogP contribution >= 0.6 is 12.2 Å². The van der Waals surface area contributed by atoms with Crippen LogP contribution in [0.4, 0.5) is 0 Å². The van der Waals surface area contributed by atoms with E-state index < -0.39 is 0 Å². The van der Waals surface area contributed by atoms with E-state index in [0.717, 1.165) is 13.1 Å². The number of rotatable bonds is 11. The van der Waals surface area contributed by atoms with Gasteiger partial charge in [-0.2, -0.15) is 0 Å². The van der Waals surface area contributed by atoms with E-state index >= 15 is 0 Å². The van der Waals surface area contributed by atoms with Crippen molar-refractivity contribution in [3.8, 4) is 0 Å². The fourth-order valence-electron chi connectivity index (χ4n) is 1.66. The van der Waals surface area contributed by atoms with Crippen molar-refractivity contribution in [1.29, 1.82) is 0 Å². The molecule has 0 aromatic carbocycles. The Labute approximate surface area is 101 Å². The number of thiocarbonyl (C=S) groups is 1. The molecule has 1 radical (unpaired) electrons. The molecule has 0 atom stereocenters. The highest BCUT2D eigenvalue weighted by Crippen LogP contribution is 2.03. The maximum atomic E-state index is 4.91. The Hall–Kier alpha value is -0.110. The van der Waals surface area contributed by atoms with Crippen LogP contribution in [0.15, 0.2) is 0 Å². The SMILES string of the molecule is CCCCCCN([C]=S)CCCCCC. The molecule has 0 aromatic rings. The summed E-state index contributed by atoms with van der Waals surface area (Å²) in [5.41, 5.74) is 2.87. The summed E-state index contributed by atoms with van der Waals surface area (Å²) in [6, 6.07) is 0. The van der Waals surface area contributed by atoms with Crippen LogP contribution in [0.25, 0.3) is 0 Å². The van der Waals surface area contributed by atoms with Gasteiger partial charge in [-0.15, -0.1) is 0 Å². The zero-order valence-electron chi connectivity index (χ0n) is 10.4. The predicted molar refractivity (Wildman–Crippen MR) is 72.5 cm³/mol. The normalized spacial score (nSPS) is 10.3. The third-order valence-electron chi connectivity index (χ3n) is 2.69. The molecule has 0 spiro atoms. The average Bonchev–Trinajstić information content (AvgIpc) is 2.27. The van der Waals surface area contributed by atoms with Gasteiger partial charge in [-0.05, 0) is 12.8 Å². The smallest absolute Gasteiger partial charge is 0.136 e. The van der Waals surface area contributed by atoms with Crippen LogP contribution in [0.1, 0.15) is 65.2 Å². The lowest BCUT2D eigenvalue weighted by atomic mass is 10.2. The molecule has 0 aliphatic carbocycles.